The predicted molar refractivity (Wildman–Crippen MR) is 299 cm³/mol. The molecule has 0 bridgehead atoms. The van der Waals surface area contributed by atoms with Crippen molar-refractivity contribution in [1.82, 2.24) is 0 Å². The van der Waals surface area contributed by atoms with Crippen LogP contribution in [0.3, 0.4) is 0 Å². The molecule has 0 amide bonds. The Kier molecular flexibility index (Phi) is 16.6. The summed E-state index contributed by atoms with van der Waals surface area (Å²) in [6, 6.07) is 98.6. The molecule has 0 aliphatic heterocycles. The summed E-state index contributed by atoms with van der Waals surface area (Å²) in [7, 11) is -6.18. The second-order valence-corrected chi connectivity index (χ2v) is 25.9. The van der Waals surface area contributed by atoms with Gasteiger partial charge in [-0.1, -0.05) is 267 Å². The number of hydrogen-bond acceptors (Lipinski definition) is 2. The molecule has 0 N–H and O–H groups in total. The fourth-order valence-electron chi connectivity index (χ4n) is 12.3. The van der Waals surface area contributed by atoms with Crippen molar-refractivity contribution in [3.8, 4) is 22.3 Å². The summed E-state index contributed by atoms with van der Waals surface area (Å²) in [6.45, 7) is 1.05. The average molecular weight is 1110 g/mol. The Morgan fingerprint density at radius 3 is 0.851 bits per heavy atom. The zero-order chi connectivity index (χ0) is 47.5. The van der Waals surface area contributed by atoms with Crippen LogP contribution in [0.25, 0.3) is 22.3 Å². The maximum atomic E-state index is 8.01. The molecule has 0 heterocycles. The van der Waals surface area contributed by atoms with Crippen LogP contribution in [0.15, 0.2) is 267 Å². The second kappa shape index (κ2) is 23.3. The number of fused-ring (bicyclic) bond motifs is 6. The molecule has 12 rings (SSSR count). The first kappa shape index (κ1) is 52.9. The third-order valence-electron chi connectivity index (χ3n) is 15.5. The van der Waals surface area contributed by atoms with Gasteiger partial charge in [0, 0.05) is 18.6 Å². The normalized spacial score (nSPS) is 12.2. The van der Waals surface area contributed by atoms with E-state index in [-0.39, 0.29) is 51.0 Å². The molecule has 10 aromatic carbocycles. The average Bonchev–Trinajstić information content (AvgIpc) is 4.04. The van der Waals surface area contributed by atoms with Crippen LogP contribution >= 0.6 is 0 Å². The summed E-state index contributed by atoms with van der Waals surface area (Å²) in [6.07, 6.45) is 3.25. The van der Waals surface area contributed by atoms with E-state index in [4.69, 9.17) is 8.85 Å². The molecule has 2 aliphatic carbocycles. The maximum absolute atomic E-state index is 8.01. The number of rotatable bonds is 16. The monoisotopic (exact) mass is 1110 g/mol. The Labute approximate surface area is 470 Å². The SMILES string of the molecule is [Cl-].[Cl-].[Zr+2].c1ccc([Si](OCCC(CCO[Si](c2ccccc2)(c2ccccc2)c2ccccc2)(c2cccc3c2Cc2ccccc2-3)c2cccc3c2Cc2ccccc2-3)(c2ccccc2)c2ccccc2)cc1. The molecular weight excluding hydrogens is 1060 g/mol. The molecule has 2 aliphatic rings. The number of halogens is 2. The largest absolute Gasteiger partial charge is 2.00 e. The van der Waals surface area contributed by atoms with E-state index in [0.717, 1.165) is 25.7 Å². The van der Waals surface area contributed by atoms with Gasteiger partial charge >= 0.3 is 26.2 Å². The Hall–Kier alpha value is -5.98. The van der Waals surface area contributed by atoms with Gasteiger partial charge in [-0.3, -0.25) is 0 Å². The molecule has 0 atom stereocenters. The van der Waals surface area contributed by atoms with Crippen LogP contribution in [-0.4, -0.2) is 29.8 Å². The van der Waals surface area contributed by atoms with Crippen LogP contribution in [0, 0.1) is 0 Å². The fraction of sp³-hybridized carbons (Fsp3) is 0.104. The minimum Gasteiger partial charge on any atom is -1.00 e. The van der Waals surface area contributed by atoms with E-state index >= 15 is 0 Å². The Balaban J connectivity index is 0.00000224. The van der Waals surface area contributed by atoms with Gasteiger partial charge in [0.15, 0.2) is 0 Å². The van der Waals surface area contributed by atoms with E-state index in [0.29, 0.717) is 13.2 Å². The van der Waals surface area contributed by atoms with Crippen LogP contribution < -0.4 is 55.9 Å². The van der Waals surface area contributed by atoms with Crippen molar-refractivity contribution in [2.24, 2.45) is 0 Å². The topological polar surface area (TPSA) is 18.5 Å². The molecule has 74 heavy (non-hydrogen) atoms. The Morgan fingerprint density at radius 2 is 0.554 bits per heavy atom. The van der Waals surface area contributed by atoms with Crippen molar-refractivity contribution < 1.29 is 59.9 Å². The predicted octanol–water partition coefficient (Wildman–Crippen LogP) is 5.27. The van der Waals surface area contributed by atoms with Crippen LogP contribution in [0.4, 0.5) is 0 Å². The maximum Gasteiger partial charge on any atom is 2.00 e. The minimum atomic E-state index is -3.09. The van der Waals surface area contributed by atoms with Gasteiger partial charge in [0.25, 0.3) is 16.6 Å². The van der Waals surface area contributed by atoms with Gasteiger partial charge in [0.05, 0.1) is 0 Å². The smallest absolute Gasteiger partial charge is 1.00 e. The molecule has 10 aromatic rings. The van der Waals surface area contributed by atoms with Crippen molar-refractivity contribution in [3.05, 3.63) is 300 Å². The van der Waals surface area contributed by atoms with Gasteiger partial charge in [-0.15, -0.1) is 0 Å². The molecule has 362 valence electrons. The molecule has 7 heteroatoms. The number of benzene rings is 10. The third kappa shape index (κ3) is 9.43. The molecule has 0 unspecified atom stereocenters. The van der Waals surface area contributed by atoms with Crippen LogP contribution in [0.2, 0.25) is 0 Å². The summed E-state index contributed by atoms with van der Waals surface area (Å²) < 4.78 is 16.0. The first-order valence-electron chi connectivity index (χ1n) is 25.2. The quantitative estimate of drug-likeness (QED) is 0.0972. The van der Waals surface area contributed by atoms with Crippen LogP contribution in [0.5, 0.6) is 0 Å². The summed E-state index contributed by atoms with van der Waals surface area (Å²) in [5.41, 5.74) is 13.2. The van der Waals surface area contributed by atoms with E-state index in [9.17, 15) is 0 Å². The molecule has 2 nitrogen and oxygen atoms in total. The molecule has 0 saturated heterocycles. The zero-order valence-electron chi connectivity index (χ0n) is 41.2. The molecular formula is C67H56Cl2O2Si2Zr. The summed E-state index contributed by atoms with van der Waals surface area (Å²) >= 11 is 0. The van der Waals surface area contributed by atoms with Gasteiger partial charge < -0.3 is 33.7 Å². The van der Waals surface area contributed by atoms with Gasteiger partial charge in [-0.2, -0.15) is 0 Å². The van der Waals surface area contributed by atoms with E-state index in [1.165, 1.54) is 86.8 Å². The molecule has 0 radical (unpaired) electrons. The van der Waals surface area contributed by atoms with Gasteiger partial charge in [-0.25, -0.2) is 0 Å². The zero-order valence-corrected chi connectivity index (χ0v) is 47.2. The first-order chi connectivity index (χ1) is 35.2. The summed E-state index contributed by atoms with van der Waals surface area (Å²) in [5.74, 6) is 0. The van der Waals surface area contributed by atoms with Crippen LogP contribution in [0.1, 0.15) is 46.2 Å². The standard InChI is InChI=1S/C67H56O2Si2.2ClH.Zr/c1-7-27-53(28-8-1)70(54-29-9-2-10-30-54,55-31-11-3-12-32-55)68-47-45-67(65-43-23-41-61-59-39-21-19-25-51(59)49-63(61)65,66-44-24-42-62-60-40-22-20-26-52(60)50-64(62)66)46-48-69-71(56-33-13-4-14-34-56,57-35-15-5-16-36-57)58-37-17-6-18-38-58;;;/h1-44H,45-50H2;2*1H;/q;;;+2/p-2. The molecule has 0 aromatic heterocycles. The van der Waals surface area contributed by atoms with Crippen molar-refractivity contribution in [2.45, 2.75) is 31.1 Å². The Morgan fingerprint density at radius 1 is 0.297 bits per heavy atom. The van der Waals surface area contributed by atoms with Gasteiger partial charge in [0.1, 0.15) is 0 Å². The minimum absolute atomic E-state index is 0. The Bertz CT molecular complexity index is 3010. The van der Waals surface area contributed by atoms with Crippen molar-refractivity contribution in [1.29, 1.82) is 0 Å². The molecule has 0 spiro atoms. The second-order valence-electron chi connectivity index (χ2n) is 19.2. The van der Waals surface area contributed by atoms with Crippen molar-refractivity contribution in [2.75, 3.05) is 13.2 Å². The van der Waals surface area contributed by atoms with E-state index in [1.807, 2.05) is 0 Å². The van der Waals surface area contributed by atoms with Crippen LogP contribution in [-0.2, 0) is 53.3 Å². The molecule has 0 fully saturated rings. The summed E-state index contributed by atoms with van der Waals surface area (Å²) in [4.78, 5) is 0. The van der Waals surface area contributed by atoms with E-state index < -0.39 is 22.0 Å². The van der Waals surface area contributed by atoms with Crippen molar-refractivity contribution >= 4 is 47.8 Å². The van der Waals surface area contributed by atoms with Crippen molar-refractivity contribution in [3.63, 3.8) is 0 Å². The summed E-state index contributed by atoms with van der Waals surface area (Å²) in [5, 5.41) is 7.43. The first-order valence-corrected chi connectivity index (χ1v) is 29.0. The third-order valence-corrected chi connectivity index (χ3v) is 23.7. The number of hydrogen-bond donors (Lipinski definition) is 0. The van der Waals surface area contributed by atoms with E-state index in [1.54, 1.807) is 0 Å². The van der Waals surface area contributed by atoms with Gasteiger partial charge in [0.2, 0.25) is 0 Å². The van der Waals surface area contributed by atoms with Gasteiger partial charge in [-0.05, 0) is 112 Å². The fourth-order valence-corrected chi connectivity index (χ4v) is 20.1. The van der Waals surface area contributed by atoms with E-state index in [2.05, 4.69) is 267 Å². The molecule has 0 saturated carbocycles.